The Hall–Kier alpha value is -1.51. The second-order valence-corrected chi connectivity index (χ2v) is 3.90. The first-order valence-corrected chi connectivity index (χ1v) is 6.16. The molecule has 0 fully saturated rings. The molecule has 0 amide bonds. The van der Waals surface area contributed by atoms with Crippen molar-refractivity contribution in [1.29, 1.82) is 0 Å². The fourth-order valence-corrected chi connectivity index (χ4v) is 1.43. The molecule has 0 aromatic heterocycles. The lowest BCUT2D eigenvalue weighted by atomic mass is 10.2. The Kier molecular flexibility index (Phi) is 6.87. The molecule has 17 heavy (non-hydrogen) atoms. The molecule has 0 aliphatic rings. The van der Waals surface area contributed by atoms with Crippen molar-refractivity contribution in [2.24, 2.45) is 5.16 Å². The van der Waals surface area contributed by atoms with Gasteiger partial charge in [-0.2, -0.15) is 0 Å². The van der Waals surface area contributed by atoms with E-state index in [4.69, 9.17) is 9.57 Å². The zero-order valence-corrected chi connectivity index (χ0v) is 10.7. The van der Waals surface area contributed by atoms with Crippen molar-refractivity contribution in [3.63, 3.8) is 0 Å². The van der Waals surface area contributed by atoms with Crippen molar-refractivity contribution >= 4 is 6.21 Å². The van der Waals surface area contributed by atoms with Gasteiger partial charge in [-0.05, 0) is 42.7 Å². The monoisotopic (exact) mass is 235 g/mol. The molecular weight excluding hydrogens is 214 g/mol. The number of rotatable bonds is 8. The molecule has 0 N–H and O–H groups in total. The van der Waals surface area contributed by atoms with Crippen LogP contribution >= 0.6 is 0 Å². The molecule has 0 saturated heterocycles. The Bertz CT molecular complexity index is 319. The van der Waals surface area contributed by atoms with Gasteiger partial charge in [-0.25, -0.2) is 0 Å². The maximum absolute atomic E-state index is 5.18. The van der Waals surface area contributed by atoms with Crippen LogP contribution in [0.2, 0.25) is 0 Å². The molecule has 1 rings (SSSR count). The fraction of sp³-hybridized carbons (Fsp3) is 0.500. The van der Waals surface area contributed by atoms with Crippen LogP contribution in [0.5, 0.6) is 5.75 Å². The van der Waals surface area contributed by atoms with Crippen LogP contribution in [-0.2, 0) is 4.84 Å². The molecule has 3 heteroatoms. The largest absolute Gasteiger partial charge is 0.497 e. The summed E-state index contributed by atoms with van der Waals surface area (Å²) in [5, 5.41) is 3.93. The highest BCUT2D eigenvalue weighted by Gasteiger charge is 1.91. The molecular formula is C14H21NO2. The second kappa shape index (κ2) is 8.62. The highest BCUT2D eigenvalue weighted by molar-refractivity contribution is 5.79. The van der Waals surface area contributed by atoms with Crippen LogP contribution in [0.1, 0.15) is 38.2 Å². The summed E-state index contributed by atoms with van der Waals surface area (Å²) in [4.78, 5) is 5.18. The molecule has 0 heterocycles. The molecule has 0 spiro atoms. The van der Waals surface area contributed by atoms with Gasteiger partial charge in [-0.15, -0.1) is 0 Å². The molecule has 94 valence electrons. The van der Waals surface area contributed by atoms with Gasteiger partial charge in [0.1, 0.15) is 12.4 Å². The van der Waals surface area contributed by atoms with E-state index in [1.165, 1.54) is 19.3 Å². The quantitative estimate of drug-likeness (QED) is 0.391. The van der Waals surface area contributed by atoms with Crippen molar-refractivity contribution < 1.29 is 9.57 Å². The van der Waals surface area contributed by atoms with Crippen LogP contribution in [0.15, 0.2) is 29.4 Å². The zero-order chi connectivity index (χ0) is 12.3. The zero-order valence-electron chi connectivity index (χ0n) is 10.7. The third kappa shape index (κ3) is 5.95. The van der Waals surface area contributed by atoms with E-state index in [-0.39, 0.29) is 0 Å². The molecule has 1 aromatic carbocycles. The fourth-order valence-electron chi connectivity index (χ4n) is 1.43. The third-order valence-corrected chi connectivity index (χ3v) is 2.48. The number of benzene rings is 1. The molecule has 0 aliphatic carbocycles. The van der Waals surface area contributed by atoms with Crippen molar-refractivity contribution in [1.82, 2.24) is 0 Å². The predicted molar refractivity (Wildman–Crippen MR) is 70.7 cm³/mol. The average molecular weight is 235 g/mol. The summed E-state index contributed by atoms with van der Waals surface area (Å²) in [6.07, 6.45) is 6.53. The lowest BCUT2D eigenvalue weighted by Crippen LogP contribution is -1.90. The van der Waals surface area contributed by atoms with Crippen LogP contribution < -0.4 is 4.74 Å². The van der Waals surface area contributed by atoms with Gasteiger partial charge < -0.3 is 9.57 Å². The lowest BCUT2D eigenvalue weighted by molar-refractivity contribution is 0.141. The van der Waals surface area contributed by atoms with E-state index in [2.05, 4.69) is 12.1 Å². The second-order valence-electron chi connectivity index (χ2n) is 3.90. The van der Waals surface area contributed by atoms with Crippen LogP contribution in [0.4, 0.5) is 0 Å². The van der Waals surface area contributed by atoms with E-state index in [9.17, 15) is 0 Å². The van der Waals surface area contributed by atoms with Gasteiger partial charge in [0.2, 0.25) is 0 Å². The first-order valence-electron chi connectivity index (χ1n) is 6.16. The number of hydrogen-bond donors (Lipinski definition) is 0. The topological polar surface area (TPSA) is 30.8 Å². The Morgan fingerprint density at radius 3 is 2.53 bits per heavy atom. The standard InChI is InChI=1S/C14H21NO2/c1-3-4-5-6-11-17-15-12-13-7-9-14(16-2)10-8-13/h7-10,12H,3-6,11H2,1-2H3. The molecule has 1 aromatic rings. The number of methoxy groups -OCH3 is 1. The first kappa shape index (κ1) is 13.6. The smallest absolute Gasteiger partial charge is 0.118 e. The van der Waals surface area contributed by atoms with Crippen molar-refractivity contribution in [2.75, 3.05) is 13.7 Å². The van der Waals surface area contributed by atoms with E-state index in [1.54, 1.807) is 13.3 Å². The number of hydrogen-bond acceptors (Lipinski definition) is 3. The van der Waals surface area contributed by atoms with E-state index >= 15 is 0 Å². The minimum atomic E-state index is 0.701. The van der Waals surface area contributed by atoms with Crippen molar-refractivity contribution in [2.45, 2.75) is 32.6 Å². The Morgan fingerprint density at radius 2 is 1.88 bits per heavy atom. The summed E-state index contributed by atoms with van der Waals surface area (Å²) in [7, 11) is 1.66. The maximum atomic E-state index is 5.18. The van der Waals surface area contributed by atoms with Gasteiger partial charge in [0.05, 0.1) is 13.3 Å². The Labute approximate surface area is 103 Å². The van der Waals surface area contributed by atoms with Gasteiger partial charge in [-0.3, -0.25) is 0 Å². The molecule has 0 atom stereocenters. The van der Waals surface area contributed by atoms with Crippen LogP contribution in [0.3, 0.4) is 0 Å². The molecule has 3 nitrogen and oxygen atoms in total. The molecule has 0 bridgehead atoms. The number of oxime groups is 1. The summed E-state index contributed by atoms with van der Waals surface area (Å²) in [5.74, 6) is 0.850. The van der Waals surface area contributed by atoms with Gasteiger partial charge in [0, 0.05) is 0 Å². The van der Waals surface area contributed by atoms with Gasteiger partial charge in [0.15, 0.2) is 0 Å². The van der Waals surface area contributed by atoms with E-state index in [0.29, 0.717) is 6.61 Å². The summed E-state index contributed by atoms with van der Waals surface area (Å²) < 4.78 is 5.07. The molecule has 0 saturated carbocycles. The number of ether oxygens (including phenoxy) is 1. The van der Waals surface area contributed by atoms with Gasteiger partial charge in [0.25, 0.3) is 0 Å². The summed E-state index contributed by atoms with van der Waals surface area (Å²) in [6.45, 7) is 2.90. The SMILES string of the molecule is CCCCCCON=Cc1ccc(OC)cc1. The predicted octanol–water partition coefficient (Wildman–Crippen LogP) is 3.63. The maximum Gasteiger partial charge on any atom is 0.118 e. The van der Waals surface area contributed by atoms with Gasteiger partial charge in [-0.1, -0.05) is 24.9 Å². The summed E-state index contributed by atoms with van der Waals surface area (Å²) in [5.41, 5.74) is 1.01. The van der Waals surface area contributed by atoms with Crippen LogP contribution in [-0.4, -0.2) is 19.9 Å². The highest BCUT2D eigenvalue weighted by atomic mass is 16.6. The normalized spacial score (nSPS) is 10.7. The molecule has 0 radical (unpaired) electrons. The Morgan fingerprint density at radius 1 is 1.12 bits per heavy atom. The van der Waals surface area contributed by atoms with Crippen molar-refractivity contribution in [3.8, 4) is 5.75 Å². The highest BCUT2D eigenvalue weighted by Crippen LogP contribution is 2.09. The van der Waals surface area contributed by atoms with Crippen LogP contribution in [0.25, 0.3) is 0 Å². The van der Waals surface area contributed by atoms with E-state index < -0.39 is 0 Å². The minimum Gasteiger partial charge on any atom is -0.497 e. The number of nitrogens with zero attached hydrogens (tertiary/aromatic N) is 1. The first-order chi connectivity index (χ1) is 8.36. The molecule has 0 unspecified atom stereocenters. The lowest BCUT2D eigenvalue weighted by Gasteiger charge is -2.00. The van der Waals surface area contributed by atoms with Crippen molar-refractivity contribution in [3.05, 3.63) is 29.8 Å². The van der Waals surface area contributed by atoms with Crippen LogP contribution in [0, 0.1) is 0 Å². The van der Waals surface area contributed by atoms with E-state index in [1.807, 2.05) is 24.3 Å². The third-order valence-electron chi connectivity index (χ3n) is 2.48. The minimum absolute atomic E-state index is 0.701. The average Bonchev–Trinajstić information content (AvgIpc) is 2.38. The van der Waals surface area contributed by atoms with Gasteiger partial charge >= 0.3 is 0 Å². The summed E-state index contributed by atoms with van der Waals surface area (Å²) >= 11 is 0. The number of unbranched alkanes of at least 4 members (excludes halogenated alkanes) is 3. The summed E-state index contributed by atoms with van der Waals surface area (Å²) in [6, 6.07) is 7.71. The van der Waals surface area contributed by atoms with E-state index in [0.717, 1.165) is 17.7 Å². The molecule has 0 aliphatic heterocycles. The Balaban J connectivity index is 2.19.